The van der Waals surface area contributed by atoms with Gasteiger partial charge in [-0.25, -0.2) is 0 Å². The van der Waals surface area contributed by atoms with Crippen LogP contribution < -0.4 is 5.32 Å². The molecule has 0 spiro atoms. The molecular formula is C21H29Cl2N3O2. The number of hydrogen-bond donors (Lipinski definition) is 1. The first kappa shape index (κ1) is 21.4. The summed E-state index contributed by atoms with van der Waals surface area (Å²) in [6, 6.07) is 8.73. The van der Waals surface area contributed by atoms with E-state index >= 15 is 0 Å². The van der Waals surface area contributed by atoms with Crippen LogP contribution in [0.2, 0.25) is 5.02 Å². The van der Waals surface area contributed by atoms with Gasteiger partial charge in [0.05, 0.1) is 6.42 Å². The fourth-order valence-corrected chi connectivity index (χ4v) is 5.04. The van der Waals surface area contributed by atoms with E-state index in [1.165, 1.54) is 12.8 Å². The fourth-order valence-electron chi connectivity index (χ4n) is 4.84. The third-order valence-electron chi connectivity index (χ3n) is 6.32. The number of carbonyl (C=O) groups excluding carboxylic acids is 2. The van der Waals surface area contributed by atoms with Gasteiger partial charge in [0.15, 0.2) is 0 Å². The summed E-state index contributed by atoms with van der Waals surface area (Å²) in [5.74, 6) is 0.876. The van der Waals surface area contributed by atoms with Crippen LogP contribution in [-0.4, -0.2) is 59.9 Å². The highest BCUT2D eigenvalue weighted by atomic mass is 35.5. The second kappa shape index (κ2) is 9.47. The summed E-state index contributed by atoms with van der Waals surface area (Å²) >= 11 is 6.16. The lowest BCUT2D eigenvalue weighted by atomic mass is 9.89. The number of nitrogens with one attached hydrogen (secondary N) is 1. The van der Waals surface area contributed by atoms with E-state index in [2.05, 4.69) is 5.32 Å². The Labute approximate surface area is 178 Å². The van der Waals surface area contributed by atoms with E-state index in [1.807, 2.05) is 34.1 Å². The highest BCUT2D eigenvalue weighted by Crippen LogP contribution is 2.33. The van der Waals surface area contributed by atoms with Gasteiger partial charge in [-0.05, 0) is 43.2 Å². The van der Waals surface area contributed by atoms with E-state index < -0.39 is 0 Å². The first-order chi connectivity index (χ1) is 13.1. The SMILES string of the molecule is Cl.O=C(Cc1ccccc1Cl)N1CCN(C(=O)CC2CC3CCC(C2)N3)CC1. The van der Waals surface area contributed by atoms with Crippen molar-refractivity contribution in [3.63, 3.8) is 0 Å². The first-order valence-corrected chi connectivity index (χ1v) is 10.5. The smallest absolute Gasteiger partial charge is 0.227 e. The summed E-state index contributed by atoms with van der Waals surface area (Å²) in [6.45, 7) is 2.52. The third kappa shape index (κ3) is 5.00. The van der Waals surface area contributed by atoms with Crippen molar-refractivity contribution in [2.75, 3.05) is 26.2 Å². The molecule has 2 atom stereocenters. The molecule has 5 nitrogen and oxygen atoms in total. The zero-order valence-corrected chi connectivity index (χ0v) is 17.7. The van der Waals surface area contributed by atoms with Crippen LogP contribution in [0.4, 0.5) is 0 Å². The van der Waals surface area contributed by atoms with Crippen molar-refractivity contribution >= 4 is 35.8 Å². The van der Waals surface area contributed by atoms with E-state index in [-0.39, 0.29) is 24.2 Å². The summed E-state index contributed by atoms with van der Waals surface area (Å²) in [5, 5.41) is 4.27. The molecule has 2 amide bonds. The summed E-state index contributed by atoms with van der Waals surface area (Å²) < 4.78 is 0. The molecule has 7 heteroatoms. The molecule has 2 bridgehead atoms. The number of nitrogens with zero attached hydrogens (tertiary/aromatic N) is 2. The fraction of sp³-hybridized carbons (Fsp3) is 0.619. The molecule has 1 aromatic carbocycles. The number of piperazine rings is 1. The van der Waals surface area contributed by atoms with Gasteiger partial charge in [-0.2, -0.15) is 0 Å². The van der Waals surface area contributed by atoms with Gasteiger partial charge < -0.3 is 15.1 Å². The Morgan fingerprint density at radius 1 is 0.964 bits per heavy atom. The summed E-state index contributed by atoms with van der Waals surface area (Å²) in [5.41, 5.74) is 0.864. The Balaban J connectivity index is 0.00000225. The van der Waals surface area contributed by atoms with Gasteiger partial charge in [0.2, 0.25) is 11.8 Å². The van der Waals surface area contributed by atoms with E-state index in [9.17, 15) is 9.59 Å². The van der Waals surface area contributed by atoms with E-state index in [4.69, 9.17) is 11.6 Å². The minimum absolute atomic E-state index is 0. The first-order valence-electron chi connectivity index (χ1n) is 10.1. The molecular weight excluding hydrogens is 397 g/mol. The average molecular weight is 426 g/mol. The van der Waals surface area contributed by atoms with Gasteiger partial charge in [0.25, 0.3) is 0 Å². The van der Waals surface area contributed by atoms with Gasteiger partial charge in [-0.1, -0.05) is 29.8 Å². The minimum Gasteiger partial charge on any atom is -0.339 e. The maximum atomic E-state index is 12.7. The van der Waals surface area contributed by atoms with Crippen molar-refractivity contribution in [2.45, 2.75) is 50.6 Å². The van der Waals surface area contributed by atoms with Gasteiger partial charge in [-0.15, -0.1) is 12.4 Å². The van der Waals surface area contributed by atoms with Gasteiger partial charge in [-0.3, -0.25) is 9.59 Å². The van der Waals surface area contributed by atoms with E-state index in [1.54, 1.807) is 0 Å². The molecule has 3 heterocycles. The van der Waals surface area contributed by atoms with Crippen LogP contribution >= 0.6 is 24.0 Å². The van der Waals surface area contributed by atoms with Crippen LogP contribution in [0, 0.1) is 5.92 Å². The number of halogens is 2. The highest BCUT2D eigenvalue weighted by Gasteiger charge is 2.35. The second-order valence-corrected chi connectivity index (χ2v) is 8.62. The van der Waals surface area contributed by atoms with Crippen LogP contribution in [0.5, 0.6) is 0 Å². The lowest BCUT2D eigenvalue weighted by molar-refractivity contribution is -0.140. The van der Waals surface area contributed by atoms with Crippen LogP contribution in [-0.2, 0) is 16.0 Å². The molecule has 3 aliphatic heterocycles. The monoisotopic (exact) mass is 425 g/mol. The molecule has 1 aromatic rings. The number of piperidine rings is 1. The minimum atomic E-state index is 0. The van der Waals surface area contributed by atoms with Crippen molar-refractivity contribution in [3.05, 3.63) is 34.9 Å². The normalized spacial score (nSPS) is 26.7. The zero-order valence-electron chi connectivity index (χ0n) is 16.1. The predicted molar refractivity (Wildman–Crippen MR) is 113 cm³/mol. The molecule has 3 aliphatic rings. The van der Waals surface area contributed by atoms with Crippen LogP contribution in [0.25, 0.3) is 0 Å². The van der Waals surface area contributed by atoms with Gasteiger partial charge in [0.1, 0.15) is 0 Å². The molecule has 154 valence electrons. The Hall–Kier alpha value is -1.30. The van der Waals surface area contributed by atoms with Crippen LogP contribution in [0.15, 0.2) is 24.3 Å². The lowest BCUT2D eigenvalue weighted by Crippen LogP contribution is -2.51. The zero-order chi connectivity index (χ0) is 18.8. The van der Waals surface area contributed by atoms with E-state index in [0.717, 1.165) is 18.4 Å². The predicted octanol–water partition coefficient (Wildman–Crippen LogP) is 2.90. The summed E-state index contributed by atoms with van der Waals surface area (Å²) in [6.07, 6.45) is 5.80. The average Bonchev–Trinajstić information content (AvgIpc) is 3.02. The molecule has 0 saturated carbocycles. The van der Waals surface area contributed by atoms with Crippen molar-refractivity contribution in [3.8, 4) is 0 Å². The van der Waals surface area contributed by atoms with Crippen molar-refractivity contribution in [1.82, 2.24) is 15.1 Å². The number of rotatable bonds is 4. The molecule has 0 aromatic heterocycles. The number of hydrogen-bond acceptors (Lipinski definition) is 3. The van der Waals surface area contributed by atoms with E-state index in [0.29, 0.717) is 62.0 Å². The standard InChI is InChI=1S/C21H28ClN3O2.ClH/c22-19-4-2-1-3-16(19)14-21(27)25-9-7-24(8-10-25)20(26)13-15-11-17-5-6-18(12-15)23-17;/h1-4,15,17-18,23H,5-14H2;1H. The molecule has 4 rings (SSSR count). The number of fused-ring (bicyclic) bond motifs is 2. The quantitative estimate of drug-likeness (QED) is 0.806. The Morgan fingerprint density at radius 3 is 2.14 bits per heavy atom. The maximum absolute atomic E-state index is 12.7. The molecule has 0 radical (unpaired) electrons. The lowest BCUT2D eigenvalue weighted by Gasteiger charge is -2.36. The molecule has 0 aliphatic carbocycles. The highest BCUT2D eigenvalue weighted by molar-refractivity contribution is 6.31. The van der Waals surface area contributed by atoms with Gasteiger partial charge >= 0.3 is 0 Å². The number of carbonyl (C=O) groups is 2. The third-order valence-corrected chi connectivity index (χ3v) is 6.69. The Morgan fingerprint density at radius 2 is 1.54 bits per heavy atom. The number of amides is 2. The maximum Gasteiger partial charge on any atom is 0.227 e. The van der Waals surface area contributed by atoms with Crippen molar-refractivity contribution < 1.29 is 9.59 Å². The second-order valence-electron chi connectivity index (χ2n) is 8.21. The van der Waals surface area contributed by atoms with Gasteiger partial charge in [0, 0.05) is 49.7 Å². The molecule has 3 saturated heterocycles. The summed E-state index contributed by atoms with van der Waals surface area (Å²) in [4.78, 5) is 29.1. The molecule has 1 N–H and O–H groups in total. The molecule has 28 heavy (non-hydrogen) atoms. The van der Waals surface area contributed by atoms with Crippen LogP contribution in [0.3, 0.4) is 0 Å². The molecule has 3 fully saturated rings. The molecule has 2 unspecified atom stereocenters. The van der Waals surface area contributed by atoms with Crippen molar-refractivity contribution in [1.29, 1.82) is 0 Å². The Kier molecular flexibility index (Phi) is 7.24. The topological polar surface area (TPSA) is 52.7 Å². The number of benzene rings is 1. The summed E-state index contributed by atoms with van der Waals surface area (Å²) in [7, 11) is 0. The largest absolute Gasteiger partial charge is 0.339 e. The van der Waals surface area contributed by atoms with Crippen molar-refractivity contribution in [2.24, 2.45) is 5.92 Å². The van der Waals surface area contributed by atoms with Crippen LogP contribution in [0.1, 0.15) is 37.7 Å². The Bertz CT molecular complexity index is 695.